The highest BCUT2D eigenvalue weighted by molar-refractivity contribution is 9.10. The van der Waals surface area contributed by atoms with Gasteiger partial charge in [-0.05, 0) is 35.4 Å². The number of benzene rings is 2. The van der Waals surface area contributed by atoms with Gasteiger partial charge in [-0.3, -0.25) is 0 Å². The Kier molecular flexibility index (Phi) is 3.82. The van der Waals surface area contributed by atoms with E-state index in [0.29, 0.717) is 0 Å². The van der Waals surface area contributed by atoms with Crippen LogP contribution in [0.5, 0.6) is 5.75 Å². The highest BCUT2D eigenvalue weighted by Crippen LogP contribution is 2.25. The maximum Gasteiger partial charge on any atom is 0.118 e. The SMILES string of the molecule is COc1ccc([C@@H](O)c2cccc(Br)c2)cc1. The average molecular weight is 293 g/mol. The first-order valence-corrected chi connectivity index (χ1v) is 6.07. The summed E-state index contributed by atoms with van der Waals surface area (Å²) >= 11 is 3.39. The summed E-state index contributed by atoms with van der Waals surface area (Å²) in [7, 11) is 1.62. The predicted octanol–water partition coefficient (Wildman–Crippen LogP) is 3.54. The van der Waals surface area contributed by atoms with Gasteiger partial charge in [0.1, 0.15) is 11.9 Å². The van der Waals surface area contributed by atoms with Gasteiger partial charge in [-0.25, -0.2) is 0 Å². The molecule has 0 bridgehead atoms. The third-order valence-electron chi connectivity index (χ3n) is 2.60. The van der Waals surface area contributed by atoms with Crippen molar-refractivity contribution in [1.82, 2.24) is 0 Å². The Morgan fingerprint density at radius 2 is 1.76 bits per heavy atom. The Bertz CT molecular complexity index is 494. The number of ether oxygens (including phenoxy) is 1. The first kappa shape index (κ1) is 12.1. The summed E-state index contributed by atoms with van der Waals surface area (Å²) in [5, 5.41) is 10.2. The van der Waals surface area contributed by atoms with Crippen LogP contribution in [-0.2, 0) is 0 Å². The third kappa shape index (κ3) is 2.87. The molecule has 0 aliphatic heterocycles. The van der Waals surface area contributed by atoms with Crippen molar-refractivity contribution in [3.8, 4) is 5.75 Å². The summed E-state index contributed by atoms with van der Waals surface area (Å²) in [5.41, 5.74) is 1.72. The summed E-state index contributed by atoms with van der Waals surface area (Å²) < 4.78 is 6.05. The Hall–Kier alpha value is -1.32. The average Bonchev–Trinajstić information content (AvgIpc) is 2.38. The van der Waals surface area contributed by atoms with Gasteiger partial charge in [0.2, 0.25) is 0 Å². The molecule has 0 aliphatic rings. The summed E-state index contributed by atoms with van der Waals surface area (Å²) in [4.78, 5) is 0. The van der Waals surface area contributed by atoms with E-state index in [-0.39, 0.29) is 0 Å². The molecule has 1 N–H and O–H groups in total. The molecule has 17 heavy (non-hydrogen) atoms. The Morgan fingerprint density at radius 3 is 2.35 bits per heavy atom. The Balaban J connectivity index is 2.27. The normalized spacial score (nSPS) is 12.2. The zero-order valence-electron chi connectivity index (χ0n) is 9.43. The molecule has 0 saturated heterocycles. The topological polar surface area (TPSA) is 29.5 Å². The van der Waals surface area contributed by atoms with E-state index >= 15 is 0 Å². The molecule has 0 heterocycles. The van der Waals surface area contributed by atoms with Crippen LogP contribution in [-0.4, -0.2) is 12.2 Å². The van der Waals surface area contributed by atoms with Crippen LogP contribution >= 0.6 is 15.9 Å². The fourth-order valence-electron chi connectivity index (χ4n) is 1.66. The van der Waals surface area contributed by atoms with Gasteiger partial charge in [0.15, 0.2) is 0 Å². The molecule has 0 fully saturated rings. The zero-order valence-corrected chi connectivity index (χ0v) is 11.0. The van der Waals surface area contributed by atoms with E-state index in [1.165, 1.54) is 0 Å². The van der Waals surface area contributed by atoms with Crippen molar-refractivity contribution >= 4 is 15.9 Å². The van der Waals surface area contributed by atoms with E-state index < -0.39 is 6.10 Å². The minimum atomic E-state index is -0.613. The van der Waals surface area contributed by atoms with Crippen LogP contribution in [0.4, 0.5) is 0 Å². The highest BCUT2D eigenvalue weighted by Gasteiger charge is 2.10. The molecule has 2 aromatic carbocycles. The molecule has 1 atom stereocenters. The monoisotopic (exact) mass is 292 g/mol. The second-order valence-corrected chi connectivity index (χ2v) is 4.65. The lowest BCUT2D eigenvalue weighted by atomic mass is 10.0. The Morgan fingerprint density at radius 1 is 1.06 bits per heavy atom. The van der Waals surface area contributed by atoms with Crippen LogP contribution in [0.15, 0.2) is 53.0 Å². The zero-order chi connectivity index (χ0) is 12.3. The molecule has 0 amide bonds. The van der Waals surface area contributed by atoms with E-state index in [1.54, 1.807) is 7.11 Å². The van der Waals surface area contributed by atoms with Crippen molar-refractivity contribution in [3.05, 3.63) is 64.1 Å². The Labute approximate surface area is 109 Å². The van der Waals surface area contributed by atoms with Gasteiger partial charge in [-0.15, -0.1) is 0 Å². The maximum absolute atomic E-state index is 10.2. The second-order valence-electron chi connectivity index (χ2n) is 3.73. The minimum absolute atomic E-state index is 0.613. The molecule has 88 valence electrons. The quantitative estimate of drug-likeness (QED) is 0.938. The number of aliphatic hydroxyl groups is 1. The molecular weight excluding hydrogens is 280 g/mol. The number of hydrogen-bond donors (Lipinski definition) is 1. The lowest BCUT2D eigenvalue weighted by molar-refractivity contribution is 0.220. The van der Waals surface area contributed by atoms with Gasteiger partial charge in [0, 0.05) is 4.47 Å². The van der Waals surface area contributed by atoms with Crippen LogP contribution in [0.25, 0.3) is 0 Å². The lowest BCUT2D eigenvalue weighted by Crippen LogP contribution is -1.99. The van der Waals surface area contributed by atoms with Gasteiger partial charge < -0.3 is 9.84 Å². The van der Waals surface area contributed by atoms with E-state index in [1.807, 2.05) is 48.5 Å². The molecule has 2 aromatic rings. The van der Waals surface area contributed by atoms with Crippen molar-refractivity contribution < 1.29 is 9.84 Å². The number of aliphatic hydroxyl groups excluding tert-OH is 1. The van der Waals surface area contributed by atoms with Gasteiger partial charge in [0.25, 0.3) is 0 Å². The molecular formula is C14H13BrO2. The highest BCUT2D eigenvalue weighted by atomic mass is 79.9. The van der Waals surface area contributed by atoms with Crippen LogP contribution in [0.2, 0.25) is 0 Å². The summed E-state index contributed by atoms with van der Waals surface area (Å²) in [6.45, 7) is 0. The lowest BCUT2D eigenvalue weighted by Gasteiger charge is -2.12. The van der Waals surface area contributed by atoms with Crippen LogP contribution in [0.3, 0.4) is 0 Å². The first-order valence-electron chi connectivity index (χ1n) is 5.28. The van der Waals surface area contributed by atoms with Gasteiger partial charge >= 0.3 is 0 Å². The molecule has 0 aromatic heterocycles. The largest absolute Gasteiger partial charge is 0.497 e. The molecule has 2 rings (SSSR count). The predicted molar refractivity (Wildman–Crippen MR) is 71.2 cm³/mol. The summed E-state index contributed by atoms with van der Waals surface area (Å²) in [5.74, 6) is 0.787. The fourth-order valence-corrected chi connectivity index (χ4v) is 2.07. The fraction of sp³-hybridized carbons (Fsp3) is 0.143. The number of hydrogen-bond acceptors (Lipinski definition) is 2. The van der Waals surface area contributed by atoms with Crippen LogP contribution < -0.4 is 4.74 Å². The van der Waals surface area contributed by atoms with E-state index in [0.717, 1.165) is 21.3 Å². The van der Waals surface area contributed by atoms with Gasteiger partial charge in [-0.1, -0.05) is 40.2 Å². The van der Waals surface area contributed by atoms with Gasteiger partial charge in [-0.2, -0.15) is 0 Å². The molecule has 2 nitrogen and oxygen atoms in total. The maximum atomic E-state index is 10.2. The van der Waals surface area contributed by atoms with E-state index in [2.05, 4.69) is 15.9 Å². The van der Waals surface area contributed by atoms with Crippen molar-refractivity contribution in [1.29, 1.82) is 0 Å². The first-order chi connectivity index (χ1) is 8.20. The number of rotatable bonds is 3. The summed E-state index contributed by atoms with van der Waals surface area (Å²) in [6, 6.07) is 15.1. The second kappa shape index (κ2) is 5.34. The van der Waals surface area contributed by atoms with E-state index in [9.17, 15) is 5.11 Å². The van der Waals surface area contributed by atoms with Crippen LogP contribution in [0.1, 0.15) is 17.2 Å². The number of halogens is 1. The summed E-state index contributed by atoms with van der Waals surface area (Å²) in [6.07, 6.45) is -0.613. The third-order valence-corrected chi connectivity index (χ3v) is 3.09. The van der Waals surface area contributed by atoms with E-state index in [4.69, 9.17) is 4.74 Å². The molecule has 0 spiro atoms. The van der Waals surface area contributed by atoms with Crippen LogP contribution in [0, 0.1) is 0 Å². The standard InChI is InChI=1S/C14H13BrO2/c1-17-13-7-5-10(6-8-13)14(16)11-3-2-4-12(15)9-11/h2-9,14,16H,1H3/t14-/m1/s1. The molecule has 0 aliphatic carbocycles. The molecule has 0 radical (unpaired) electrons. The minimum Gasteiger partial charge on any atom is -0.497 e. The molecule has 3 heteroatoms. The van der Waals surface area contributed by atoms with Crippen molar-refractivity contribution in [3.63, 3.8) is 0 Å². The number of methoxy groups -OCH3 is 1. The molecule has 0 unspecified atom stereocenters. The smallest absolute Gasteiger partial charge is 0.118 e. The van der Waals surface area contributed by atoms with Gasteiger partial charge in [0.05, 0.1) is 7.11 Å². The molecule has 0 saturated carbocycles. The van der Waals surface area contributed by atoms with Crippen molar-refractivity contribution in [2.75, 3.05) is 7.11 Å². The van der Waals surface area contributed by atoms with Crippen molar-refractivity contribution in [2.24, 2.45) is 0 Å². The van der Waals surface area contributed by atoms with Crippen molar-refractivity contribution in [2.45, 2.75) is 6.10 Å².